The van der Waals surface area contributed by atoms with Crippen LogP contribution in [-0.4, -0.2) is 10.5 Å². The molecule has 1 aliphatic rings. The van der Waals surface area contributed by atoms with Gasteiger partial charge in [0, 0.05) is 5.25 Å². The van der Waals surface area contributed by atoms with Gasteiger partial charge in [0.1, 0.15) is 0 Å². The third-order valence-electron chi connectivity index (χ3n) is 3.06. The smallest absolute Gasteiger partial charge is 0.00779 e. The topological polar surface area (TPSA) is 0 Å². The zero-order chi connectivity index (χ0) is 10.6. The van der Waals surface area contributed by atoms with Gasteiger partial charge in [-0.3, -0.25) is 0 Å². The minimum absolute atomic E-state index is 0.813. The van der Waals surface area contributed by atoms with E-state index in [0.29, 0.717) is 0 Å². The van der Waals surface area contributed by atoms with Gasteiger partial charge in [0.15, 0.2) is 0 Å². The maximum absolute atomic E-state index is 2.37. The molecule has 0 radical (unpaired) electrons. The van der Waals surface area contributed by atoms with Crippen LogP contribution in [-0.2, 0) is 0 Å². The molecule has 2 unspecified atom stereocenters. The highest BCUT2D eigenvalue weighted by Crippen LogP contribution is 2.38. The summed E-state index contributed by atoms with van der Waals surface area (Å²) in [6.45, 7) is 9.41. The van der Waals surface area contributed by atoms with Gasteiger partial charge in [-0.2, -0.15) is 11.8 Å². The summed E-state index contributed by atoms with van der Waals surface area (Å²) in [5, 5.41) is 1.78. The Morgan fingerprint density at radius 2 is 1.71 bits per heavy atom. The van der Waals surface area contributed by atoms with Crippen molar-refractivity contribution in [1.82, 2.24) is 0 Å². The lowest BCUT2D eigenvalue weighted by Crippen LogP contribution is -2.24. The van der Waals surface area contributed by atoms with Crippen molar-refractivity contribution in [2.75, 3.05) is 0 Å². The predicted octanol–water partition coefficient (Wildman–Crippen LogP) is 4.73. The lowest BCUT2D eigenvalue weighted by Gasteiger charge is -2.33. The molecule has 0 aromatic heterocycles. The van der Waals surface area contributed by atoms with E-state index in [1.54, 1.807) is 0 Å². The summed E-state index contributed by atoms with van der Waals surface area (Å²) in [5.41, 5.74) is 0. The van der Waals surface area contributed by atoms with Crippen molar-refractivity contribution >= 4 is 11.8 Å². The molecule has 1 aliphatic carbocycles. The van der Waals surface area contributed by atoms with Gasteiger partial charge in [0.2, 0.25) is 0 Å². The van der Waals surface area contributed by atoms with Crippen molar-refractivity contribution in [3.8, 4) is 0 Å². The first-order chi connectivity index (χ1) is 6.59. The Morgan fingerprint density at radius 3 is 2.29 bits per heavy atom. The van der Waals surface area contributed by atoms with E-state index in [9.17, 15) is 0 Å². The van der Waals surface area contributed by atoms with Crippen molar-refractivity contribution in [1.29, 1.82) is 0 Å². The normalized spacial score (nSPS) is 28.7. The van der Waals surface area contributed by atoms with Gasteiger partial charge in [0.05, 0.1) is 0 Å². The van der Waals surface area contributed by atoms with Crippen LogP contribution in [0.1, 0.15) is 59.8 Å². The van der Waals surface area contributed by atoms with Gasteiger partial charge in [-0.15, -0.1) is 0 Å². The van der Waals surface area contributed by atoms with E-state index in [2.05, 4.69) is 39.5 Å². The number of rotatable bonds is 4. The van der Waals surface area contributed by atoms with Gasteiger partial charge in [-0.1, -0.05) is 40.5 Å². The first-order valence-corrected chi connectivity index (χ1v) is 7.19. The standard InChI is InChI=1S/C13H26S/c1-10(2)9-12-7-5-6-8-13(12)14-11(3)4/h10-13H,5-9H2,1-4H3. The first kappa shape index (κ1) is 12.4. The average Bonchev–Trinajstić information content (AvgIpc) is 2.06. The Kier molecular flexibility index (Phi) is 5.36. The Hall–Kier alpha value is 0.350. The molecule has 0 aromatic carbocycles. The molecule has 0 N–H and O–H groups in total. The van der Waals surface area contributed by atoms with Crippen molar-refractivity contribution < 1.29 is 0 Å². The molecule has 0 aliphatic heterocycles. The first-order valence-electron chi connectivity index (χ1n) is 6.25. The molecule has 0 heterocycles. The molecule has 1 rings (SSSR count). The second-order valence-electron chi connectivity index (χ2n) is 5.40. The third-order valence-corrected chi connectivity index (χ3v) is 4.57. The lowest BCUT2D eigenvalue weighted by molar-refractivity contribution is 0.314. The van der Waals surface area contributed by atoms with Crippen LogP contribution in [0.5, 0.6) is 0 Å². The maximum atomic E-state index is 2.37. The van der Waals surface area contributed by atoms with Gasteiger partial charge in [0.25, 0.3) is 0 Å². The monoisotopic (exact) mass is 214 g/mol. The fourth-order valence-corrected chi connectivity index (χ4v) is 4.05. The molecule has 1 saturated carbocycles. The van der Waals surface area contributed by atoms with E-state index in [1.165, 1.54) is 32.1 Å². The van der Waals surface area contributed by atoms with Crippen LogP contribution >= 0.6 is 11.8 Å². The molecule has 0 amide bonds. The molecule has 0 spiro atoms. The van der Waals surface area contributed by atoms with Gasteiger partial charge >= 0.3 is 0 Å². The molecule has 14 heavy (non-hydrogen) atoms. The fraction of sp³-hybridized carbons (Fsp3) is 1.00. The Labute approximate surface area is 94.2 Å². The van der Waals surface area contributed by atoms with E-state index >= 15 is 0 Å². The fourth-order valence-electron chi connectivity index (χ4n) is 2.58. The third kappa shape index (κ3) is 4.25. The SMILES string of the molecule is CC(C)CC1CCCCC1SC(C)C. The highest BCUT2D eigenvalue weighted by Gasteiger charge is 2.26. The summed E-state index contributed by atoms with van der Waals surface area (Å²) >= 11 is 2.23. The number of thioether (sulfide) groups is 1. The predicted molar refractivity (Wildman–Crippen MR) is 67.9 cm³/mol. The molecule has 2 atom stereocenters. The molecule has 1 heteroatoms. The summed E-state index contributed by atoms with van der Waals surface area (Å²) in [5.74, 6) is 1.89. The van der Waals surface area contributed by atoms with E-state index < -0.39 is 0 Å². The number of hydrogen-bond donors (Lipinski definition) is 0. The van der Waals surface area contributed by atoms with Crippen LogP contribution in [0.15, 0.2) is 0 Å². The summed E-state index contributed by atoms with van der Waals surface area (Å²) in [6, 6.07) is 0. The van der Waals surface area contributed by atoms with Crippen LogP contribution in [0, 0.1) is 11.8 Å². The molecular weight excluding hydrogens is 188 g/mol. The molecule has 0 saturated heterocycles. The Morgan fingerprint density at radius 1 is 1.07 bits per heavy atom. The van der Waals surface area contributed by atoms with E-state index in [-0.39, 0.29) is 0 Å². The lowest BCUT2D eigenvalue weighted by atomic mass is 9.83. The van der Waals surface area contributed by atoms with Crippen LogP contribution in [0.25, 0.3) is 0 Å². The van der Waals surface area contributed by atoms with Crippen LogP contribution in [0.4, 0.5) is 0 Å². The van der Waals surface area contributed by atoms with Crippen LogP contribution in [0.2, 0.25) is 0 Å². The van der Waals surface area contributed by atoms with Gasteiger partial charge in [-0.05, 0) is 36.3 Å². The minimum Gasteiger partial charge on any atom is -0.155 e. The summed E-state index contributed by atoms with van der Waals surface area (Å²) in [4.78, 5) is 0. The highest BCUT2D eigenvalue weighted by atomic mass is 32.2. The van der Waals surface area contributed by atoms with Crippen LogP contribution in [0.3, 0.4) is 0 Å². The molecule has 84 valence electrons. The Balaban J connectivity index is 2.41. The van der Waals surface area contributed by atoms with Gasteiger partial charge < -0.3 is 0 Å². The van der Waals surface area contributed by atoms with E-state index in [1.807, 2.05) is 0 Å². The van der Waals surface area contributed by atoms with Gasteiger partial charge in [-0.25, -0.2) is 0 Å². The summed E-state index contributed by atoms with van der Waals surface area (Å²) < 4.78 is 0. The molecule has 0 bridgehead atoms. The summed E-state index contributed by atoms with van der Waals surface area (Å²) in [7, 11) is 0. The minimum atomic E-state index is 0.813. The molecule has 0 nitrogen and oxygen atoms in total. The quantitative estimate of drug-likeness (QED) is 0.652. The average molecular weight is 214 g/mol. The van der Waals surface area contributed by atoms with Crippen molar-refractivity contribution in [3.63, 3.8) is 0 Å². The Bertz CT molecular complexity index is 133. The van der Waals surface area contributed by atoms with Crippen molar-refractivity contribution in [3.05, 3.63) is 0 Å². The van der Waals surface area contributed by atoms with E-state index in [0.717, 1.165) is 22.3 Å². The van der Waals surface area contributed by atoms with Crippen molar-refractivity contribution in [2.45, 2.75) is 70.3 Å². The second-order valence-corrected chi connectivity index (χ2v) is 7.22. The molecular formula is C13H26S. The maximum Gasteiger partial charge on any atom is 0.00779 e. The largest absolute Gasteiger partial charge is 0.155 e. The highest BCUT2D eigenvalue weighted by molar-refractivity contribution is 8.00. The van der Waals surface area contributed by atoms with Crippen LogP contribution < -0.4 is 0 Å². The zero-order valence-electron chi connectivity index (χ0n) is 10.3. The summed E-state index contributed by atoms with van der Waals surface area (Å²) in [6.07, 6.45) is 7.36. The zero-order valence-corrected chi connectivity index (χ0v) is 11.1. The van der Waals surface area contributed by atoms with E-state index in [4.69, 9.17) is 0 Å². The van der Waals surface area contributed by atoms with Crippen molar-refractivity contribution in [2.24, 2.45) is 11.8 Å². The molecule has 0 aromatic rings. The number of hydrogen-bond acceptors (Lipinski definition) is 1. The second kappa shape index (κ2) is 6.05. The molecule has 1 fully saturated rings.